The predicted octanol–water partition coefficient (Wildman–Crippen LogP) is 2.40. The van der Waals surface area contributed by atoms with Gasteiger partial charge in [0.1, 0.15) is 11.3 Å². The molecule has 0 radical (unpaired) electrons. The molecule has 0 spiro atoms. The van der Waals surface area contributed by atoms with Gasteiger partial charge in [0.05, 0.1) is 0 Å². The molecule has 0 fully saturated rings. The van der Waals surface area contributed by atoms with Crippen molar-refractivity contribution in [1.82, 2.24) is 4.31 Å². The lowest BCUT2D eigenvalue weighted by molar-refractivity contribution is 0.0481. The van der Waals surface area contributed by atoms with Crippen LogP contribution in [0.3, 0.4) is 0 Å². The molecule has 0 amide bonds. The molecule has 0 atom stereocenters. The zero-order chi connectivity index (χ0) is 21.2. The summed E-state index contributed by atoms with van der Waals surface area (Å²) in [5, 5.41) is 4.44. The van der Waals surface area contributed by atoms with Crippen LogP contribution in [0, 0.1) is 6.92 Å². The molecule has 0 bridgehead atoms. The average Bonchev–Trinajstić information content (AvgIpc) is 3.03. The van der Waals surface area contributed by atoms with Gasteiger partial charge >= 0.3 is 16.3 Å². The van der Waals surface area contributed by atoms with Gasteiger partial charge in [-0.05, 0) is 37.3 Å². The molecule has 2 N–H and O–H groups in total. The van der Waals surface area contributed by atoms with Crippen molar-refractivity contribution < 1.29 is 26.7 Å². The van der Waals surface area contributed by atoms with Gasteiger partial charge in [-0.2, -0.15) is 12.7 Å². The maximum Gasteiger partial charge on any atom is 0.401 e. The van der Waals surface area contributed by atoms with Crippen LogP contribution in [0.2, 0.25) is 0 Å². The Morgan fingerprint density at radius 2 is 1.76 bits per heavy atom. The Hall–Kier alpha value is -3.37. The minimum Gasteiger partial charge on any atom is -0.449 e. The van der Waals surface area contributed by atoms with Gasteiger partial charge < -0.3 is 19.2 Å². The van der Waals surface area contributed by atoms with E-state index in [0.29, 0.717) is 16.7 Å². The number of para-hydroxylation sites is 1. The first kappa shape index (κ1) is 20.4. The summed E-state index contributed by atoms with van der Waals surface area (Å²) in [6, 6.07) is 13.0. The number of benzene rings is 2. The molecule has 2 aromatic carbocycles. The summed E-state index contributed by atoms with van der Waals surface area (Å²) >= 11 is 0. The molecule has 0 aliphatic rings. The van der Waals surface area contributed by atoms with Gasteiger partial charge in [-0.3, -0.25) is 0 Å². The minimum absolute atomic E-state index is 0.0420. The Morgan fingerprint density at radius 3 is 2.38 bits per heavy atom. The highest BCUT2D eigenvalue weighted by molar-refractivity contribution is 7.84. The third-order valence-electron chi connectivity index (χ3n) is 4.05. The number of hydrogen-bond acceptors (Lipinski definition) is 7. The Morgan fingerprint density at radius 1 is 1.10 bits per heavy atom. The van der Waals surface area contributed by atoms with E-state index in [1.807, 2.05) is 12.1 Å². The molecular formula is C19H19N3O6S. The molecule has 1 heterocycles. The first-order valence-electron chi connectivity index (χ1n) is 8.44. The zero-order valence-electron chi connectivity index (χ0n) is 15.9. The summed E-state index contributed by atoms with van der Waals surface area (Å²) in [5.74, 6) is -0.710. The van der Waals surface area contributed by atoms with Crippen molar-refractivity contribution in [3.05, 3.63) is 65.4 Å². The van der Waals surface area contributed by atoms with Crippen molar-refractivity contribution in [1.29, 1.82) is 0 Å². The number of oxime groups is 1. The van der Waals surface area contributed by atoms with E-state index in [2.05, 4.69) is 5.16 Å². The number of carbonyl (C=O) groups is 1. The predicted molar refractivity (Wildman–Crippen MR) is 107 cm³/mol. The lowest BCUT2D eigenvalue weighted by Crippen LogP contribution is -2.27. The summed E-state index contributed by atoms with van der Waals surface area (Å²) in [6.07, 6.45) is 0. The van der Waals surface area contributed by atoms with Crippen LogP contribution in [0.4, 0.5) is 0 Å². The lowest BCUT2D eigenvalue weighted by Gasteiger charge is -2.12. The molecule has 0 saturated heterocycles. The molecule has 0 aliphatic carbocycles. The normalized spacial score (nSPS) is 12.3. The van der Waals surface area contributed by atoms with Gasteiger partial charge in [0.2, 0.25) is 5.76 Å². The fraction of sp³-hybridized carbons (Fsp3) is 0.158. The van der Waals surface area contributed by atoms with E-state index in [9.17, 15) is 13.2 Å². The number of furan rings is 1. The van der Waals surface area contributed by atoms with Crippen molar-refractivity contribution >= 4 is 33.1 Å². The Kier molecular flexibility index (Phi) is 5.57. The standard InChI is InChI=1S/C19H19N3O6S/c1-12-15-6-4-5-7-16(15)26-17(12)19(23)27-21-18(20)13-8-10-14(11-9-13)28-29(24,25)22(2)3/h4-11H,1-3H3,(H2,20,21). The van der Waals surface area contributed by atoms with Crippen molar-refractivity contribution in [2.24, 2.45) is 10.9 Å². The Balaban J connectivity index is 1.72. The maximum absolute atomic E-state index is 12.3. The first-order valence-corrected chi connectivity index (χ1v) is 9.81. The molecular weight excluding hydrogens is 398 g/mol. The quantitative estimate of drug-likeness (QED) is 0.283. The summed E-state index contributed by atoms with van der Waals surface area (Å²) < 4.78 is 34.8. The lowest BCUT2D eigenvalue weighted by atomic mass is 10.1. The van der Waals surface area contributed by atoms with Gasteiger partial charge in [-0.1, -0.05) is 23.4 Å². The highest BCUT2D eigenvalue weighted by atomic mass is 32.2. The molecule has 152 valence electrons. The van der Waals surface area contributed by atoms with Crippen molar-refractivity contribution in [2.75, 3.05) is 14.1 Å². The zero-order valence-corrected chi connectivity index (χ0v) is 16.8. The number of rotatable bonds is 6. The highest BCUT2D eigenvalue weighted by Crippen LogP contribution is 2.25. The fourth-order valence-electron chi connectivity index (χ4n) is 2.43. The van der Waals surface area contributed by atoms with E-state index < -0.39 is 16.3 Å². The Labute approximate surface area is 167 Å². The van der Waals surface area contributed by atoms with Gasteiger partial charge in [0.25, 0.3) is 0 Å². The maximum atomic E-state index is 12.3. The van der Waals surface area contributed by atoms with Crippen molar-refractivity contribution in [3.8, 4) is 5.75 Å². The van der Waals surface area contributed by atoms with E-state index in [1.54, 1.807) is 19.1 Å². The van der Waals surface area contributed by atoms with Crippen LogP contribution < -0.4 is 9.92 Å². The fourth-order valence-corrected chi connectivity index (χ4v) is 2.93. The second-order valence-electron chi connectivity index (χ2n) is 6.26. The topological polar surface area (TPSA) is 124 Å². The SMILES string of the molecule is Cc1c(C(=O)ON=C(N)c2ccc(OS(=O)(=O)N(C)C)cc2)oc2ccccc12. The van der Waals surface area contributed by atoms with Crippen LogP contribution >= 0.6 is 0 Å². The number of amidine groups is 1. The van der Waals surface area contributed by atoms with Gasteiger partial charge in [0, 0.05) is 30.6 Å². The molecule has 0 unspecified atom stereocenters. The second-order valence-corrected chi connectivity index (χ2v) is 8.01. The van der Waals surface area contributed by atoms with E-state index in [1.165, 1.54) is 38.4 Å². The molecule has 0 aliphatic heterocycles. The molecule has 29 heavy (non-hydrogen) atoms. The van der Waals surface area contributed by atoms with Crippen LogP contribution in [0.15, 0.2) is 58.1 Å². The smallest absolute Gasteiger partial charge is 0.401 e. The molecule has 3 aromatic rings. The average molecular weight is 417 g/mol. The van der Waals surface area contributed by atoms with Crippen LogP contribution in [0.1, 0.15) is 21.7 Å². The summed E-state index contributed by atoms with van der Waals surface area (Å²) in [6.45, 7) is 1.75. The number of nitrogens with two attached hydrogens (primary N) is 1. The van der Waals surface area contributed by atoms with E-state index >= 15 is 0 Å². The van der Waals surface area contributed by atoms with Gasteiger partial charge in [0.15, 0.2) is 5.84 Å². The molecule has 0 saturated carbocycles. The monoisotopic (exact) mass is 417 g/mol. The van der Waals surface area contributed by atoms with E-state index in [4.69, 9.17) is 19.2 Å². The van der Waals surface area contributed by atoms with Crippen LogP contribution in [0.5, 0.6) is 5.75 Å². The van der Waals surface area contributed by atoms with E-state index in [0.717, 1.165) is 9.69 Å². The number of aryl methyl sites for hydroxylation is 1. The van der Waals surface area contributed by atoms with Crippen LogP contribution in [0.25, 0.3) is 11.0 Å². The van der Waals surface area contributed by atoms with Crippen LogP contribution in [-0.4, -0.2) is 38.6 Å². The number of fused-ring (bicyclic) bond motifs is 1. The van der Waals surface area contributed by atoms with Gasteiger partial charge in [-0.25, -0.2) is 4.79 Å². The summed E-state index contributed by atoms with van der Waals surface area (Å²) in [5.41, 5.74) is 7.45. The van der Waals surface area contributed by atoms with Crippen LogP contribution in [-0.2, 0) is 15.1 Å². The third-order valence-corrected chi connectivity index (χ3v) is 5.35. The molecule has 10 heteroatoms. The molecule has 9 nitrogen and oxygen atoms in total. The van der Waals surface area contributed by atoms with Crippen molar-refractivity contribution in [3.63, 3.8) is 0 Å². The number of nitrogens with zero attached hydrogens (tertiary/aromatic N) is 2. The highest BCUT2D eigenvalue weighted by Gasteiger charge is 2.19. The van der Waals surface area contributed by atoms with Crippen molar-refractivity contribution in [2.45, 2.75) is 6.92 Å². The van der Waals surface area contributed by atoms with E-state index in [-0.39, 0.29) is 17.3 Å². The molecule has 3 rings (SSSR count). The minimum atomic E-state index is -3.86. The Bertz CT molecular complexity index is 1180. The largest absolute Gasteiger partial charge is 0.449 e. The third kappa shape index (κ3) is 4.39. The molecule has 1 aromatic heterocycles. The summed E-state index contributed by atoms with van der Waals surface area (Å²) in [7, 11) is -1.15. The number of hydrogen-bond donors (Lipinski definition) is 1. The second kappa shape index (κ2) is 7.94. The van der Waals surface area contributed by atoms with Gasteiger partial charge in [-0.15, -0.1) is 0 Å². The number of carbonyl (C=O) groups excluding carboxylic acids is 1. The first-order chi connectivity index (χ1) is 13.7. The summed E-state index contributed by atoms with van der Waals surface area (Å²) in [4.78, 5) is 17.2.